The first-order valence-corrected chi connectivity index (χ1v) is 6.08. The third-order valence-corrected chi connectivity index (χ3v) is 3.23. The second kappa shape index (κ2) is 5.27. The van der Waals surface area contributed by atoms with E-state index in [4.69, 9.17) is 5.73 Å². The molecule has 0 saturated carbocycles. The maximum Gasteiger partial charge on any atom is 0.123 e. The van der Waals surface area contributed by atoms with Gasteiger partial charge in [0.05, 0.1) is 6.04 Å². The zero-order chi connectivity index (χ0) is 13.1. The molecule has 3 heteroatoms. The van der Waals surface area contributed by atoms with E-state index >= 15 is 0 Å². The quantitative estimate of drug-likeness (QED) is 0.900. The van der Waals surface area contributed by atoms with E-state index in [0.717, 1.165) is 28.7 Å². The summed E-state index contributed by atoms with van der Waals surface area (Å²) in [6, 6.07) is 6.34. The van der Waals surface area contributed by atoms with E-state index in [0.29, 0.717) is 0 Å². The number of nitrogens with zero attached hydrogens (tertiary/aromatic N) is 1. The van der Waals surface area contributed by atoms with Gasteiger partial charge in [-0.25, -0.2) is 4.39 Å². The van der Waals surface area contributed by atoms with Crippen molar-refractivity contribution in [2.45, 2.75) is 26.3 Å². The van der Waals surface area contributed by atoms with Gasteiger partial charge in [-0.05, 0) is 53.8 Å². The van der Waals surface area contributed by atoms with Crippen LogP contribution in [-0.2, 0) is 6.42 Å². The smallest absolute Gasteiger partial charge is 0.123 e. The number of pyridine rings is 1. The van der Waals surface area contributed by atoms with Crippen LogP contribution in [-0.4, -0.2) is 4.98 Å². The lowest BCUT2D eigenvalue weighted by atomic mass is 9.93. The summed E-state index contributed by atoms with van der Waals surface area (Å²) < 4.78 is 13.3. The molecular weight excluding hydrogens is 227 g/mol. The fourth-order valence-electron chi connectivity index (χ4n) is 2.15. The highest BCUT2D eigenvalue weighted by Crippen LogP contribution is 2.25. The molecule has 1 heterocycles. The fourth-order valence-corrected chi connectivity index (χ4v) is 2.15. The molecular formula is C15H17FN2. The summed E-state index contributed by atoms with van der Waals surface area (Å²) in [6.45, 7) is 4.01. The van der Waals surface area contributed by atoms with Crippen LogP contribution < -0.4 is 5.73 Å². The molecule has 0 bridgehead atoms. The Morgan fingerprint density at radius 1 is 1.28 bits per heavy atom. The van der Waals surface area contributed by atoms with Gasteiger partial charge in [0.15, 0.2) is 0 Å². The van der Waals surface area contributed by atoms with Crippen molar-refractivity contribution in [2.24, 2.45) is 5.73 Å². The Bertz CT molecular complexity index is 552. The lowest BCUT2D eigenvalue weighted by Gasteiger charge is -2.18. The zero-order valence-electron chi connectivity index (χ0n) is 10.7. The summed E-state index contributed by atoms with van der Waals surface area (Å²) in [7, 11) is 0. The van der Waals surface area contributed by atoms with Gasteiger partial charge in [0.25, 0.3) is 0 Å². The first-order chi connectivity index (χ1) is 8.63. The molecule has 1 unspecified atom stereocenters. The van der Waals surface area contributed by atoms with Crippen molar-refractivity contribution in [2.75, 3.05) is 0 Å². The molecule has 1 aromatic heterocycles. The van der Waals surface area contributed by atoms with Crippen molar-refractivity contribution in [3.05, 3.63) is 64.7 Å². The Kier molecular flexibility index (Phi) is 3.72. The second-order valence-electron chi connectivity index (χ2n) is 4.41. The minimum atomic E-state index is -0.307. The molecule has 0 amide bonds. The molecule has 0 spiro atoms. The van der Waals surface area contributed by atoms with E-state index in [1.54, 1.807) is 12.3 Å². The van der Waals surface area contributed by atoms with Crippen LogP contribution in [0.5, 0.6) is 0 Å². The van der Waals surface area contributed by atoms with E-state index in [9.17, 15) is 4.39 Å². The van der Waals surface area contributed by atoms with Crippen LogP contribution in [0.1, 0.15) is 35.2 Å². The molecule has 2 nitrogen and oxygen atoms in total. The summed E-state index contributed by atoms with van der Waals surface area (Å²) in [5.41, 5.74) is 10.2. The van der Waals surface area contributed by atoms with Crippen molar-refractivity contribution < 1.29 is 4.39 Å². The van der Waals surface area contributed by atoms with E-state index in [1.807, 2.05) is 19.2 Å². The average Bonchev–Trinajstić information content (AvgIpc) is 2.40. The van der Waals surface area contributed by atoms with Crippen molar-refractivity contribution in [1.82, 2.24) is 4.98 Å². The highest BCUT2D eigenvalue weighted by atomic mass is 19.1. The summed E-state index contributed by atoms with van der Waals surface area (Å²) in [4.78, 5) is 4.10. The fraction of sp³-hybridized carbons (Fsp3) is 0.267. The Hall–Kier alpha value is -1.74. The summed E-state index contributed by atoms with van der Waals surface area (Å²) in [6.07, 6.45) is 4.41. The molecule has 0 fully saturated rings. The number of hydrogen-bond donors (Lipinski definition) is 1. The largest absolute Gasteiger partial charge is 0.320 e. The van der Waals surface area contributed by atoms with Crippen LogP contribution in [0, 0.1) is 12.7 Å². The molecule has 1 aromatic carbocycles. The monoisotopic (exact) mass is 244 g/mol. The van der Waals surface area contributed by atoms with Gasteiger partial charge >= 0.3 is 0 Å². The first kappa shape index (κ1) is 12.7. The molecule has 2 aromatic rings. The van der Waals surface area contributed by atoms with Crippen LogP contribution >= 0.6 is 0 Å². The van der Waals surface area contributed by atoms with Crippen LogP contribution in [0.3, 0.4) is 0 Å². The average molecular weight is 244 g/mol. The van der Waals surface area contributed by atoms with Gasteiger partial charge in [0.2, 0.25) is 0 Å². The standard InChI is InChI=1S/C15H17FN2/c1-3-11-9-18-7-6-13(11)15(17)14-8-12(16)5-4-10(14)2/h4-9,15H,3,17H2,1-2H3. The number of aromatic nitrogens is 1. The Balaban J connectivity index is 2.47. The van der Waals surface area contributed by atoms with E-state index in [1.165, 1.54) is 12.1 Å². The number of aryl methyl sites for hydroxylation is 2. The highest BCUT2D eigenvalue weighted by molar-refractivity contribution is 5.39. The molecule has 2 rings (SSSR count). The van der Waals surface area contributed by atoms with E-state index < -0.39 is 0 Å². The second-order valence-corrected chi connectivity index (χ2v) is 4.41. The van der Waals surface area contributed by atoms with Crippen molar-refractivity contribution in [3.8, 4) is 0 Å². The maximum absolute atomic E-state index is 13.3. The third-order valence-electron chi connectivity index (χ3n) is 3.23. The van der Waals surface area contributed by atoms with E-state index in [2.05, 4.69) is 11.9 Å². The van der Waals surface area contributed by atoms with Crippen molar-refractivity contribution in [1.29, 1.82) is 0 Å². The highest BCUT2D eigenvalue weighted by Gasteiger charge is 2.15. The van der Waals surface area contributed by atoms with Crippen LogP contribution in [0.15, 0.2) is 36.7 Å². The molecule has 0 saturated heterocycles. The number of nitrogens with two attached hydrogens (primary N) is 1. The molecule has 0 aliphatic rings. The van der Waals surface area contributed by atoms with Gasteiger partial charge in [-0.2, -0.15) is 0 Å². The van der Waals surface area contributed by atoms with Crippen LogP contribution in [0.2, 0.25) is 0 Å². The summed E-state index contributed by atoms with van der Waals surface area (Å²) in [5, 5.41) is 0. The molecule has 94 valence electrons. The number of hydrogen-bond acceptors (Lipinski definition) is 2. The van der Waals surface area contributed by atoms with Gasteiger partial charge in [0, 0.05) is 12.4 Å². The molecule has 1 atom stereocenters. The summed E-state index contributed by atoms with van der Waals surface area (Å²) >= 11 is 0. The Morgan fingerprint density at radius 3 is 2.78 bits per heavy atom. The first-order valence-electron chi connectivity index (χ1n) is 6.08. The normalized spacial score (nSPS) is 12.4. The molecule has 0 aliphatic heterocycles. The summed E-state index contributed by atoms with van der Waals surface area (Å²) in [5.74, 6) is -0.252. The minimum Gasteiger partial charge on any atom is -0.320 e. The lowest BCUT2D eigenvalue weighted by Crippen LogP contribution is -2.15. The predicted molar refractivity (Wildman–Crippen MR) is 70.8 cm³/mol. The van der Waals surface area contributed by atoms with E-state index in [-0.39, 0.29) is 11.9 Å². The zero-order valence-corrected chi connectivity index (χ0v) is 10.7. The van der Waals surface area contributed by atoms with Crippen molar-refractivity contribution in [3.63, 3.8) is 0 Å². The Morgan fingerprint density at radius 2 is 2.06 bits per heavy atom. The number of halogens is 1. The molecule has 0 radical (unpaired) electrons. The van der Waals surface area contributed by atoms with Gasteiger partial charge in [0.1, 0.15) is 5.82 Å². The van der Waals surface area contributed by atoms with Gasteiger partial charge in [-0.1, -0.05) is 13.0 Å². The minimum absolute atomic E-state index is 0.252. The van der Waals surface area contributed by atoms with Gasteiger partial charge < -0.3 is 5.73 Å². The molecule has 18 heavy (non-hydrogen) atoms. The topological polar surface area (TPSA) is 38.9 Å². The molecule has 2 N–H and O–H groups in total. The van der Waals surface area contributed by atoms with Crippen LogP contribution in [0.25, 0.3) is 0 Å². The molecule has 0 aliphatic carbocycles. The van der Waals surface area contributed by atoms with Gasteiger partial charge in [-0.15, -0.1) is 0 Å². The van der Waals surface area contributed by atoms with Crippen LogP contribution in [0.4, 0.5) is 4.39 Å². The Labute approximate surface area is 107 Å². The third kappa shape index (κ3) is 2.41. The number of rotatable bonds is 3. The lowest BCUT2D eigenvalue weighted by molar-refractivity contribution is 0.622. The SMILES string of the molecule is CCc1cnccc1C(N)c1cc(F)ccc1C. The maximum atomic E-state index is 13.3. The number of benzene rings is 1. The predicted octanol–water partition coefficient (Wildman–Crippen LogP) is 3.14. The van der Waals surface area contributed by atoms with Crippen molar-refractivity contribution >= 4 is 0 Å². The van der Waals surface area contributed by atoms with Gasteiger partial charge in [-0.3, -0.25) is 4.98 Å².